The van der Waals surface area contributed by atoms with Crippen molar-refractivity contribution in [2.24, 2.45) is 11.8 Å². The van der Waals surface area contributed by atoms with Crippen LogP contribution < -0.4 is 0 Å². The molecule has 2 aliphatic carbocycles. The predicted molar refractivity (Wildman–Crippen MR) is 178 cm³/mol. The van der Waals surface area contributed by atoms with E-state index in [0.717, 1.165) is 24.7 Å². The summed E-state index contributed by atoms with van der Waals surface area (Å²) < 4.78 is 0. The zero-order valence-corrected chi connectivity index (χ0v) is 26.0. The first-order valence-corrected chi connectivity index (χ1v) is 16.7. The van der Waals surface area contributed by atoms with Crippen LogP contribution in [0.2, 0.25) is 0 Å². The number of hydrogen-bond acceptors (Lipinski definition) is 0. The van der Waals surface area contributed by atoms with E-state index in [4.69, 9.17) is 0 Å². The number of allylic oxidation sites excluding steroid dienone is 1. The number of rotatable bonds is 11. The fourth-order valence-electron chi connectivity index (χ4n) is 7.65. The Hall–Kier alpha value is -2.60. The lowest BCUT2D eigenvalue weighted by Crippen LogP contribution is -2.14. The standard InChI is InChI=1S/C41H53/c1-5-31(4)41-29-34(19-27-40(41)38-24-14-32(6-2)15-25-38)18-26-39(35-10-8-7-9-11-35)28-33-16-22-37(23-17-33)36-20-12-30(3)13-21-36/h5-11,16-17,19,22-23,27,29-32,36,38-39H,2,12-15,18,20-21,24-26,28H2,1,3-4H3/q-1. The third-order valence-corrected chi connectivity index (χ3v) is 10.7. The topological polar surface area (TPSA) is 0 Å². The van der Waals surface area contributed by atoms with Crippen LogP contribution >= 0.6 is 0 Å². The summed E-state index contributed by atoms with van der Waals surface area (Å²) in [6.07, 6.45) is 18.7. The molecule has 0 bridgehead atoms. The maximum atomic E-state index is 4.06. The van der Waals surface area contributed by atoms with Gasteiger partial charge in [0.05, 0.1) is 0 Å². The van der Waals surface area contributed by atoms with Gasteiger partial charge in [-0.3, -0.25) is 0 Å². The molecule has 0 aliphatic heterocycles. The molecular formula is C41H53-. The smallest absolute Gasteiger partial charge is 0.0118 e. The molecule has 3 aromatic rings. The van der Waals surface area contributed by atoms with Gasteiger partial charge in [0.25, 0.3) is 0 Å². The highest BCUT2D eigenvalue weighted by Crippen LogP contribution is 2.40. The minimum absolute atomic E-state index is 0.498. The molecule has 2 atom stereocenters. The Morgan fingerprint density at radius 2 is 1.46 bits per heavy atom. The van der Waals surface area contributed by atoms with Crippen molar-refractivity contribution in [2.75, 3.05) is 0 Å². The largest absolute Gasteiger partial charge is 0.324 e. The average molecular weight is 546 g/mol. The van der Waals surface area contributed by atoms with E-state index in [1.807, 2.05) is 0 Å². The van der Waals surface area contributed by atoms with Gasteiger partial charge in [0, 0.05) is 0 Å². The molecule has 5 rings (SSSR count). The molecule has 2 aliphatic rings. The van der Waals surface area contributed by atoms with Crippen molar-refractivity contribution in [1.29, 1.82) is 0 Å². The summed E-state index contributed by atoms with van der Waals surface area (Å²) >= 11 is 0. The van der Waals surface area contributed by atoms with Crippen LogP contribution in [-0.2, 0) is 12.8 Å². The van der Waals surface area contributed by atoms with Gasteiger partial charge in [0.1, 0.15) is 0 Å². The van der Waals surface area contributed by atoms with Gasteiger partial charge in [0.15, 0.2) is 0 Å². The van der Waals surface area contributed by atoms with E-state index >= 15 is 0 Å². The first-order chi connectivity index (χ1) is 20.0. The fraction of sp³-hybridized carbons (Fsp3) is 0.488. The van der Waals surface area contributed by atoms with Crippen LogP contribution in [0, 0.1) is 18.3 Å². The molecule has 0 N–H and O–H groups in total. The zero-order valence-electron chi connectivity index (χ0n) is 26.0. The summed E-state index contributed by atoms with van der Waals surface area (Å²) in [4.78, 5) is 0. The highest BCUT2D eigenvalue weighted by atomic mass is 14.3. The van der Waals surface area contributed by atoms with Gasteiger partial charge in [-0.1, -0.05) is 111 Å². The minimum atomic E-state index is 0.498. The first kappa shape index (κ1) is 29.9. The van der Waals surface area contributed by atoms with Gasteiger partial charge >= 0.3 is 0 Å². The quantitative estimate of drug-likeness (QED) is 0.166. The summed E-state index contributed by atoms with van der Waals surface area (Å²) in [6.45, 7) is 11.1. The molecular weight excluding hydrogens is 492 g/mol. The van der Waals surface area contributed by atoms with Crippen LogP contribution in [0.15, 0.2) is 85.5 Å². The second kappa shape index (κ2) is 14.5. The lowest BCUT2D eigenvalue weighted by Gasteiger charge is -2.32. The maximum absolute atomic E-state index is 4.06. The molecule has 0 heteroatoms. The summed E-state index contributed by atoms with van der Waals surface area (Å²) in [5.74, 6) is 4.12. The van der Waals surface area contributed by atoms with Crippen molar-refractivity contribution in [1.82, 2.24) is 0 Å². The van der Waals surface area contributed by atoms with Gasteiger partial charge < -0.3 is 6.42 Å². The number of aryl methyl sites for hydroxylation is 1. The Balaban J connectivity index is 1.29. The minimum Gasteiger partial charge on any atom is -0.324 e. The first-order valence-electron chi connectivity index (χ1n) is 16.7. The summed E-state index contributed by atoms with van der Waals surface area (Å²) in [5.41, 5.74) is 9.19. The molecule has 2 unspecified atom stereocenters. The number of hydrogen-bond donors (Lipinski definition) is 0. The van der Waals surface area contributed by atoms with E-state index in [1.165, 1.54) is 74.5 Å². The summed E-state index contributed by atoms with van der Waals surface area (Å²) in [5, 5.41) is 0. The van der Waals surface area contributed by atoms with Crippen LogP contribution in [0.25, 0.3) is 0 Å². The molecule has 0 heterocycles. The normalized spacial score (nSPS) is 24.5. The van der Waals surface area contributed by atoms with Gasteiger partial charge in [-0.15, -0.1) is 12.5 Å². The molecule has 0 amide bonds. The fourth-order valence-corrected chi connectivity index (χ4v) is 7.65. The SMILES string of the molecule is C=CC1CCC(c2ccc(CCC(Cc3ccc(C4CCC(C)CC4)cc3)c3ccccc3)cc2C(C)[CH-]C)CC1. The van der Waals surface area contributed by atoms with Crippen molar-refractivity contribution in [2.45, 2.75) is 115 Å². The van der Waals surface area contributed by atoms with Gasteiger partial charge in [-0.25, -0.2) is 0 Å². The van der Waals surface area contributed by atoms with E-state index in [-0.39, 0.29) is 0 Å². The van der Waals surface area contributed by atoms with Crippen molar-refractivity contribution < 1.29 is 0 Å². The van der Waals surface area contributed by atoms with Crippen molar-refractivity contribution in [3.8, 4) is 0 Å². The van der Waals surface area contributed by atoms with Crippen LogP contribution in [0.4, 0.5) is 0 Å². The summed E-state index contributed by atoms with van der Waals surface area (Å²) in [6, 6.07) is 28.5. The molecule has 0 spiro atoms. The van der Waals surface area contributed by atoms with Gasteiger partial charge in [0.2, 0.25) is 0 Å². The molecule has 218 valence electrons. The Morgan fingerprint density at radius 1 is 0.805 bits per heavy atom. The van der Waals surface area contributed by atoms with Crippen LogP contribution in [-0.4, -0.2) is 0 Å². The van der Waals surface area contributed by atoms with Gasteiger partial charge in [-0.05, 0) is 115 Å². The molecule has 0 aromatic heterocycles. The molecule has 41 heavy (non-hydrogen) atoms. The van der Waals surface area contributed by atoms with Crippen LogP contribution in [0.3, 0.4) is 0 Å². The molecule has 2 fully saturated rings. The highest BCUT2D eigenvalue weighted by Gasteiger charge is 2.24. The average Bonchev–Trinajstić information content (AvgIpc) is 3.03. The van der Waals surface area contributed by atoms with Crippen molar-refractivity contribution >= 4 is 0 Å². The molecule has 3 aromatic carbocycles. The van der Waals surface area contributed by atoms with Crippen LogP contribution in [0.1, 0.15) is 136 Å². The second-order valence-electron chi connectivity index (χ2n) is 13.5. The van der Waals surface area contributed by atoms with E-state index in [1.54, 1.807) is 16.7 Å². The van der Waals surface area contributed by atoms with E-state index < -0.39 is 0 Å². The molecule has 0 nitrogen and oxygen atoms in total. The van der Waals surface area contributed by atoms with E-state index in [0.29, 0.717) is 23.7 Å². The monoisotopic (exact) mass is 545 g/mol. The Kier molecular flexibility index (Phi) is 10.6. The Labute approximate surface area is 251 Å². The second-order valence-corrected chi connectivity index (χ2v) is 13.5. The highest BCUT2D eigenvalue weighted by molar-refractivity contribution is 5.39. The zero-order chi connectivity index (χ0) is 28.6. The molecule has 2 saturated carbocycles. The lowest BCUT2D eigenvalue weighted by molar-refractivity contribution is 0.348. The third kappa shape index (κ3) is 7.82. The number of benzene rings is 3. The van der Waals surface area contributed by atoms with E-state index in [2.05, 4.69) is 113 Å². The van der Waals surface area contributed by atoms with Gasteiger partial charge in [-0.2, -0.15) is 6.92 Å². The van der Waals surface area contributed by atoms with Crippen LogP contribution in [0.5, 0.6) is 0 Å². The molecule has 0 radical (unpaired) electrons. The predicted octanol–water partition coefficient (Wildman–Crippen LogP) is 11.7. The Bertz CT molecular complexity index is 1200. The van der Waals surface area contributed by atoms with Crippen molar-refractivity contribution in [3.63, 3.8) is 0 Å². The molecule has 0 saturated heterocycles. The van der Waals surface area contributed by atoms with Crippen molar-refractivity contribution in [3.05, 3.63) is 125 Å². The Morgan fingerprint density at radius 3 is 2.12 bits per heavy atom. The third-order valence-electron chi connectivity index (χ3n) is 10.7. The lowest BCUT2D eigenvalue weighted by atomic mass is 9.75. The van der Waals surface area contributed by atoms with E-state index in [9.17, 15) is 0 Å². The maximum Gasteiger partial charge on any atom is -0.0118 e. The summed E-state index contributed by atoms with van der Waals surface area (Å²) in [7, 11) is 0.